The Kier molecular flexibility index (Phi) is 5.13. The standard InChI is InChI=1S/C20H17N3O5S/c1-12-2-5-14(9-16(12)23(25)26)15-10-29-20(21-15)22-19(24)7-4-13-3-6-17-18(8-13)28-11-27-17/h2-3,5-6,8-10H,4,7,11H2,1H3,(H,21,22,24). The van der Waals surface area contributed by atoms with E-state index in [4.69, 9.17) is 9.47 Å². The highest BCUT2D eigenvalue weighted by Crippen LogP contribution is 2.33. The molecular formula is C20H17N3O5S. The number of anilines is 1. The van der Waals surface area contributed by atoms with Gasteiger partial charge in [-0.05, 0) is 31.0 Å². The number of thiazole rings is 1. The molecule has 0 unspecified atom stereocenters. The predicted octanol–water partition coefficient (Wildman–Crippen LogP) is 4.33. The molecule has 0 spiro atoms. The van der Waals surface area contributed by atoms with E-state index in [-0.39, 0.29) is 18.4 Å². The predicted molar refractivity (Wildman–Crippen MR) is 108 cm³/mol. The number of aromatic nitrogens is 1. The van der Waals surface area contributed by atoms with E-state index in [1.165, 1.54) is 17.4 Å². The topological polar surface area (TPSA) is 104 Å². The van der Waals surface area contributed by atoms with Gasteiger partial charge in [0, 0.05) is 29.0 Å². The van der Waals surface area contributed by atoms with Crippen LogP contribution in [0.1, 0.15) is 17.5 Å². The van der Waals surface area contributed by atoms with Crippen molar-refractivity contribution in [1.29, 1.82) is 0 Å². The smallest absolute Gasteiger partial charge is 0.272 e. The Morgan fingerprint density at radius 3 is 2.90 bits per heavy atom. The number of benzene rings is 2. The molecule has 2 aromatic carbocycles. The molecule has 0 saturated heterocycles. The molecule has 4 rings (SSSR count). The highest BCUT2D eigenvalue weighted by molar-refractivity contribution is 7.14. The SMILES string of the molecule is Cc1ccc(-c2csc(NC(=O)CCc3ccc4c(c3)OCO4)n2)cc1[N+](=O)[O-]. The van der Waals surface area contributed by atoms with Crippen LogP contribution >= 0.6 is 11.3 Å². The van der Waals surface area contributed by atoms with Gasteiger partial charge >= 0.3 is 0 Å². The molecule has 29 heavy (non-hydrogen) atoms. The molecule has 0 radical (unpaired) electrons. The number of aryl methyl sites for hydroxylation is 2. The summed E-state index contributed by atoms with van der Waals surface area (Å²) in [6, 6.07) is 10.6. The van der Waals surface area contributed by atoms with Crippen molar-refractivity contribution in [2.75, 3.05) is 12.1 Å². The number of carbonyl (C=O) groups excluding carboxylic acids is 1. The fourth-order valence-electron chi connectivity index (χ4n) is 2.97. The van der Waals surface area contributed by atoms with E-state index in [2.05, 4.69) is 10.3 Å². The average molecular weight is 411 g/mol. The Balaban J connectivity index is 1.38. The highest BCUT2D eigenvalue weighted by atomic mass is 32.1. The zero-order valence-corrected chi connectivity index (χ0v) is 16.3. The quantitative estimate of drug-likeness (QED) is 0.478. The summed E-state index contributed by atoms with van der Waals surface area (Å²) in [6.45, 7) is 1.91. The van der Waals surface area contributed by atoms with Gasteiger partial charge in [-0.1, -0.05) is 18.2 Å². The summed E-state index contributed by atoms with van der Waals surface area (Å²) in [5, 5.41) is 16.1. The maximum Gasteiger partial charge on any atom is 0.272 e. The van der Waals surface area contributed by atoms with E-state index in [0.29, 0.717) is 46.3 Å². The summed E-state index contributed by atoms with van der Waals surface area (Å²) in [4.78, 5) is 27.4. The Labute approximate surface area is 170 Å². The Bertz CT molecular complexity index is 1100. The second-order valence-electron chi connectivity index (χ2n) is 6.53. The number of amides is 1. The number of hydrogen-bond acceptors (Lipinski definition) is 7. The van der Waals surface area contributed by atoms with Gasteiger partial charge in [0.1, 0.15) is 0 Å². The van der Waals surface area contributed by atoms with Gasteiger partial charge in [-0.15, -0.1) is 11.3 Å². The second-order valence-corrected chi connectivity index (χ2v) is 7.39. The van der Waals surface area contributed by atoms with Gasteiger partial charge in [0.2, 0.25) is 12.7 Å². The molecule has 0 fully saturated rings. The van der Waals surface area contributed by atoms with Crippen LogP contribution in [0.2, 0.25) is 0 Å². The normalized spacial score (nSPS) is 12.0. The molecule has 0 atom stereocenters. The molecule has 1 N–H and O–H groups in total. The first-order chi connectivity index (χ1) is 14.0. The molecule has 148 valence electrons. The lowest BCUT2D eigenvalue weighted by Crippen LogP contribution is -2.12. The Hall–Kier alpha value is -3.46. The molecule has 1 aliphatic rings. The van der Waals surface area contributed by atoms with Crippen molar-refractivity contribution in [2.24, 2.45) is 0 Å². The van der Waals surface area contributed by atoms with Crippen LogP contribution in [0.25, 0.3) is 11.3 Å². The van der Waals surface area contributed by atoms with E-state index >= 15 is 0 Å². The van der Waals surface area contributed by atoms with Gasteiger partial charge in [-0.3, -0.25) is 14.9 Å². The van der Waals surface area contributed by atoms with Crippen molar-refractivity contribution in [1.82, 2.24) is 4.98 Å². The van der Waals surface area contributed by atoms with Gasteiger partial charge in [-0.25, -0.2) is 4.98 Å². The molecule has 0 aliphatic carbocycles. The summed E-state index contributed by atoms with van der Waals surface area (Å²) in [6.07, 6.45) is 0.857. The van der Waals surface area contributed by atoms with Crippen LogP contribution in [-0.2, 0) is 11.2 Å². The van der Waals surface area contributed by atoms with E-state index in [1.54, 1.807) is 24.4 Å². The minimum Gasteiger partial charge on any atom is -0.454 e. The Morgan fingerprint density at radius 1 is 1.24 bits per heavy atom. The van der Waals surface area contributed by atoms with Crippen LogP contribution < -0.4 is 14.8 Å². The summed E-state index contributed by atoms with van der Waals surface area (Å²) in [5.74, 6) is 1.25. The first-order valence-corrected chi connectivity index (χ1v) is 9.77. The van der Waals surface area contributed by atoms with Gasteiger partial charge in [-0.2, -0.15) is 0 Å². The van der Waals surface area contributed by atoms with Crippen LogP contribution in [0.15, 0.2) is 41.8 Å². The number of rotatable bonds is 6. The highest BCUT2D eigenvalue weighted by Gasteiger charge is 2.16. The monoisotopic (exact) mass is 411 g/mol. The average Bonchev–Trinajstić information content (AvgIpc) is 3.35. The van der Waals surface area contributed by atoms with Crippen molar-refractivity contribution in [2.45, 2.75) is 19.8 Å². The second kappa shape index (κ2) is 7.88. The fraction of sp³-hybridized carbons (Fsp3) is 0.200. The lowest BCUT2D eigenvalue weighted by atomic mass is 10.1. The van der Waals surface area contributed by atoms with E-state index in [1.807, 2.05) is 18.2 Å². The minimum absolute atomic E-state index is 0.0461. The van der Waals surface area contributed by atoms with E-state index in [0.717, 1.165) is 5.56 Å². The zero-order chi connectivity index (χ0) is 20.4. The molecule has 1 aromatic heterocycles. The number of ether oxygens (including phenoxy) is 2. The first kappa shape index (κ1) is 18.9. The number of fused-ring (bicyclic) bond motifs is 1. The van der Waals surface area contributed by atoms with Crippen LogP contribution in [0.4, 0.5) is 10.8 Å². The molecule has 0 bridgehead atoms. The van der Waals surface area contributed by atoms with Gasteiger partial charge in [0.05, 0.1) is 10.6 Å². The van der Waals surface area contributed by atoms with Crippen LogP contribution in [0, 0.1) is 17.0 Å². The van der Waals surface area contributed by atoms with E-state index in [9.17, 15) is 14.9 Å². The molecule has 1 amide bonds. The van der Waals surface area contributed by atoms with Crippen molar-refractivity contribution in [3.05, 3.63) is 63.0 Å². The number of hydrogen-bond donors (Lipinski definition) is 1. The molecule has 2 heterocycles. The van der Waals surface area contributed by atoms with Crippen molar-refractivity contribution in [3.63, 3.8) is 0 Å². The number of nitro groups is 1. The third kappa shape index (κ3) is 4.19. The first-order valence-electron chi connectivity index (χ1n) is 8.89. The molecule has 9 heteroatoms. The molecule has 0 saturated carbocycles. The fourth-order valence-corrected chi connectivity index (χ4v) is 3.70. The van der Waals surface area contributed by atoms with E-state index < -0.39 is 4.92 Å². The third-order valence-electron chi connectivity index (χ3n) is 4.53. The lowest BCUT2D eigenvalue weighted by molar-refractivity contribution is -0.385. The minimum atomic E-state index is -0.413. The third-order valence-corrected chi connectivity index (χ3v) is 5.29. The molecule has 3 aromatic rings. The van der Waals surface area contributed by atoms with Gasteiger partial charge < -0.3 is 14.8 Å². The molecule has 8 nitrogen and oxygen atoms in total. The maximum absolute atomic E-state index is 12.3. The number of carbonyl (C=O) groups is 1. The van der Waals surface area contributed by atoms with Crippen LogP contribution in [-0.4, -0.2) is 22.6 Å². The number of nitrogens with one attached hydrogen (secondary N) is 1. The van der Waals surface area contributed by atoms with Gasteiger partial charge in [0.15, 0.2) is 16.6 Å². The van der Waals surface area contributed by atoms with Crippen molar-refractivity contribution >= 4 is 28.1 Å². The summed E-state index contributed by atoms with van der Waals surface area (Å²) < 4.78 is 10.6. The van der Waals surface area contributed by atoms with Crippen LogP contribution in [0.5, 0.6) is 11.5 Å². The number of nitrogens with zero attached hydrogens (tertiary/aromatic N) is 2. The lowest BCUT2D eigenvalue weighted by Gasteiger charge is -2.04. The van der Waals surface area contributed by atoms with Crippen LogP contribution in [0.3, 0.4) is 0 Å². The zero-order valence-electron chi connectivity index (χ0n) is 15.5. The molecular weight excluding hydrogens is 394 g/mol. The number of nitro benzene ring substituents is 1. The van der Waals surface area contributed by atoms with Crippen molar-refractivity contribution < 1.29 is 19.2 Å². The summed E-state index contributed by atoms with van der Waals surface area (Å²) in [5.41, 5.74) is 2.84. The summed E-state index contributed by atoms with van der Waals surface area (Å²) in [7, 11) is 0. The molecule has 1 aliphatic heterocycles. The Morgan fingerprint density at radius 2 is 2.07 bits per heavy atom. The van der Waals surface area contributed by atoms with Crippen molar-refractivity contribution in [3.8, 4) is 22.8 Å². The van der Waals surface area contributed by atoms with Gasteiger partial charge in [0.25, 0.3) is 5.69 Å². The summed E-state index contributed by atoms with van der Waals surface area (Å²) >= 11 is 1.28. The largest absolute Gasteiger partial charge is 0.454 e. The maximum atomic E-state index is 12.3.